The normalized spacial score (nSPS) is 10.2. The fourth-order valence-electron chi connectivity index (χ4n) is 1.74. The molecule has 0 bridgehead atoms. The van der Waals surface area contributed by atoms with Gasteiger partial charge in [0, 0.05) is 11.6 Å². The Morgan fingerprint density at radius 3 is 2.75 bits per heavy atom. The van der Waals surface area contributed by atoms with Crippen molar-refractivity contribution in [1.82, 2.24) is 4.57 Å². The van der Waals surface area contributed by atoms with Gasteiger partial charge in [-0.2, -0.15) is 0 Å². The zero-order chi connectivity index (χ0) is 14.7. The van der Waals surface area contributed by atoms with Crippen LogP contribution < -0.4 is 10.5 Å². The Balaban J connectivity index is 2.40. The van der Waals surface area contributed by atoms with Gasteiger partial charge in [0.25, 0.3) is 0 Å². The molecule has 2 N–H and O–H groups in total. The number of nitroso groups, excluding NO2 is 1. The number of hydrogen-bond acceptors (Lipinski definition) is 6. The van der Waals surface area contributed by atoms with Crippen LogP contribution >= 0.6 is 0 Å². The summed E-state index contributed by atoms with van der Waals surface area (Å²) in [6, 6.07) is 3.85. The Morgan fingerprint density at radius 1 is 1.40 bits per heavy atom. The number of carbonyl (C=O) groups is 2. The average Bonchev–Trinajstić information content (AvgIpc) is 2.82. The number of aromatic nitrogens is 1. The molecule has 0 atom stereocenters. The summed E-state index contributed by atoms with van der Waals surface area (Å²) in [5.74, 6) is -0.191. The first-order valence-corrected chi connectivity index (χ1v) is 5.54. The Morgan fingerprint density at radius 2 is 2.15 bits per heavy atom. The third kappa shape index (κ3) is 2.44. The molecule has 1 aromatic carbocycles. The fraction of sp³-hybridized carbons (Fsp3) is 0.167. The molecule has 1 heterocycles. The van der Waals surface area contributed by atoms with Crippen molar-refractivity contribution < 1.29 is 19.1 Å². The summed E-state index contributed by atoms with van der Waals surface area (Å²) >= 11 is 0. The van der Waals surface area contributed by atoms with Crippen molar-refractivity contribution in [2.24, 2.45) is 10.9 Å². The van der Waals surface area contributed by atoms with Gasteiger partial charge in [-0.05, 0) is 23.4 Å². The van der Waals surface area contributed by atoms with Crippen LogP contribution in [0.5, 0.6) is 5.75 Å². The standard InChI is InChI=1S/C12H11N3O5/c1-19-11(16)6-20-7-2-3-10-8(4-7)9(14-18)5-15(10)12(13)17/h2-5H,6H2,1H3,(H2,13,17). The van der Waals surface area contributed by atoms with E-state index in [2.05, 4.69) is 9.91 Å². The highest BCUT2D eigenvalue weighted by atomic mass is 16.6. The topological polar surface area (TPSA) is 113 Å². The zero-order valence-corrected chi connectivity index (χ0v) is 10.5. The van der Waals surface area contributed by atoms with E-state index in [4.69, 9.17) is 10.5 Å². The molecule has 0 saturated carbocycles. The summed E-state index contributed by atoms with van der Waals surface area (Å²) < 4.78 is 10.7. The van der Waals surface area contributed by atoms with E-state index in [9.17, 15) is 14.5 Å². The molecule has 0 aliphatic rings. The lowest BCUT2D eigenvalue weighted by atomic mass is 10.2. The molecule has 0 radical (unpaired) electrons. The van der Waals surface area contributed by atoms with Crippen LogP contribution in [-0.4, -0.2) is 30.3 Å². The number of carbonyl (C=O) groups excluding carboxylic acids is 2. The lowest BCUT2D eigenvalue weighted by Gasteiger charge is -2.05. The largest absolute Gasteiger partial charge is 0.482 e. The van der Waals surface area contributed by atoms with Gasteiger partial charge in [-0.1, -0.05) is 0 Å². The van der Waals surface area contributed by atoms with Crippen LogP contribution in [0.2, 0.25) is 0 Å². The number of nitrogens with zero attached hydrogens (tertiary/aromatic N) is 2. The molecular weight excluding hydrogens is 266 g/mol. The van der Waals surface area contributed by atoms with Gasteiger partial charge >= 0.3 is 12.0 Å². The number of fused-ring (bicyclic) bond motifs is 1. The van der Waals surface area contributed by atoms with E-state index < -0.39 is 12.0 Å². The monoisotopic (exact) mass is 277 g/mol. The van der Waals surface area contributed by atoms with Crippen LogP contribution in [-0.2, 0) is 9.53 Å². The number of rotatable bonds is 4. The van der Waals surface area contributed by atoms with Crippen LogP contribution in [0.15, 0.2) is 29.6 Å². The van der Waals surface area contributed by atoms with E-state index in [0.717, 1.165) is 4.57 Å². The highest BCUT2D eigenvalue weighted by molar-refractivity contribution is 5.98. The second kappa shape index (κ2) is 5.39. The van der Waals surface area contributed by atoms with Crippen molar-refractivity contribution in [3.05, 3.63) is 29.3 Å². The molecule has 2 rings (SSSR count). The lowest BCUT2D eigenvalue weighted by molar-refractivity contribution is -0.142. The van der Waals surface area contributed by atoms with Crippen molar-refractivity contribution in [2.75, 3.05) is 13.7 Å². The quantitative estimate of drug-likeness (QED) is 0.672. The Hall–Kier alpha value is -2.90. The van der Waals surface area contributed by atoms with Crippen molar-refractivity contribution in [3.8, 4) is 5.75 Å². The number of primary amides is 1. The second-order valence-electron chi connectivity index (χ2n) is 3.86. The fourth-order valence-corrected chi connectivity index (χ4v) is 1.74. The van der Waals surface area contributed by atoms with Crippen LogP contribution in [0.25, 0.3) is 10.9 Å². The summed E-state index contributed by atoms with van der Waals surface area (Å²) in [6.45, 7) is -0.262. The van der Waals surface area contributed by atoms with Crippen molar-refractivity contribution in [1.29, 1.82) is 0 Å². The van der Waals surface area contributed by atoms with E-state index in [0.29, 0.717) is 16.7 Å². The number of benzene rings is 1. The molecule has 0 spiro atoms. The molecule has 0 aliphatic heterocycles. The molecule has 0 unspecified atom stereocenters. The highest BCUT2D eigenvalue weighted by Crippen LogP contribution is 2.31. The molecule has 8 nitrogen and oxygen atoms in total. The molecule has 104 valence electrons. The molecule has 0 fully saturated rings. The van der Waals surface area contributed by atoms with Gasteiger partial charge in [-0.3, -0.25) is 4.57 Å². The van der Waals surface area contributed by atoms with Gasteiger partial charge < -0.3 is 15.2 Å². The molecule has 1 amide bonds. The van der Waals surface area contributed by atoms with Gasteiger partial charge in [0.2, 0.25) is 0 Å². The van der Waals surface area contributed by atoms with Crippen molar-refractivity contribution >= 4 is 28.6 Å². The molecule has 20 heavy (non-hydrogen) atoms. The van der Waals surface area contributed by atoms with E-state index in [1.165, 1.54) is 19.4 Å². The third-order valence-electron chi connectivity index (χ3n) is 2.68. The highest BCUT2D eigenvalue weighted by Gasteiger charge is 2.13. The minimum atomic E-state index is -0.729. The molecule has 1 aromatic heterocycles. The number of esters is 1. The second-order valence-corrected chi connectivity index (χ2v) is 3.86. The first kappa shape index (κ1) is 13.5. The number of ether oxygens (including phenoxy) is 2. The lowest BCUT2D eigenvalue weighted by Crippen LogP contribution is -2.18. The summed E-state index contributed by atoms with van der Waals surface area (Å²) in [5.41, 5.74) is 5.68. The minimum Gasteiger partial charge on any atom is -0.482 e. The Bertz CT molecular complexity index is 692. The molecular formula is C12H11N3O5. The predicted molar refractivity (Wildman–Crippen MR) is 69.9 cm³/mol. The van der Waals surface area contributed by atoms with Crippen LogP contribution in [0, 0.1) is 4.91 Å². The maximum absolute atomic E-state index is 11.2. The van der Waals surface area contributed by atoms with E-state index in [1.54, 1.807) is 12.1 Å². The van der Waals surface area contributed by atoms with E-state index in [-0.39, 0.29) is 12.3 Å². The van der Waals surface area contributed by atoms with Gasteiger partial charge in [0.05, 0.1) is 12.6 Å². The van der Waals surface area contributed by atoms with Gasteiger partial charge in [-0.25, -0.2) is 9.59 Å². The number of methoxy groups -OCH3 is 1. The molecule has 2 aromatic rings. The smallest absolute Gasteiger partial charge is 0.343 e. The summed E-state index contributed by atoms with van der Waals surface area (Å²) in [7, 11) is 1.25. The maximum atomic E-state index is 11.2. The summed E-state index contributed by atoms with van der Waals surface area (Å²) in [6.07, 6.45) is 1.24. The van der Waals surface area contributed by atoms with Gasteiger partial charge in [-0.15, -0.1) is 4.91 Å². The van der Waals surface area contributed by atoms with E-state index in [1.807, 2.05) is 0 Å². The number of nitrogens with two attached hydrogens (primary N) is 1. The average molecular weight is 277 g/mol. The minimum absolute atomic E-state index is 0.0577. The van der Waals surface area contributed by atoms with Crippen LogP contribution in [0.3, 0.4) is 0 Å². The Kier molecular flexibility index (Phi) is 3.65. The maximum Gasteiger partial charge on any atom is 0.343 e. The third-order valence-corrected chi connectivity index (χ3v) is 2.68. The Labute approximate surface area is 113 Å². The molecule has 8 heteroatoms. The zero-order valence-electron chi connectivity index (χ0n) is 10.5. The van der Waals surface area contributed by atoms with Crippen LogP contribution in [0.4, 0.5) is 10.5 Å². The summed E-state index contributed by atoms with van der Waals surface area (Å²) in [5, 5.41) is 3.23. The first-order chi connectivity index (χ1) is 9.56. The van der Waals surface area contributed by atoms with Gasteiger partial charge in [0.15, 0.2) is 6.61 Å². The van der Waals surface area contributed by atoms with Crippen molar-refractivity contribution in [3.63, 3.8) is 0 Å². The number of hydrogen-bond donors (Lipinski definition) is 1. The first-order valence-electron chi connectivity index (χ1n) is 5.54. The van der Waals surface area contributed by atoms with Crippen molar-refractivity contribution in [2.45, 2.75) is 0 Å². The van der Waals surface area contributed by atoms with Crippen LogP contribution in [0.1, 0.15) is 0 Å². The number of amides is 1. The summed E-state index contributed by atoms with van der Waals surface area (Å²) in [4.78, 5) is 33.0. The molecule has 0 aliphatic carbocycles. The molecule has 0 saturated heterocycles. The predicted octanol–water partition coefficient (Wildman–Crippen LogP) is 1.52. The van der Waals surface area contributed by atoms with Gasteiger partial charge in [0.1, 0.15) is 11.4 Å². The van der Waals surface area contributed by atoms with E-state index >= 15 is 0 Å². The SMILES string of the molecule is COC(=O)COc1ccc2c(c1)c(N=O)cn2C(N)=O.